The van der Waals surface area contributed by atoms with Crippen LogP contribution in [0.15, 0.2) is 22.9 Å². The molecule has 2 N–H and O–H groups in total. The summed E-state index contributed by atoms with van der Waals surface area (Å²) in [4.78, 5) is 3.96. The monoisotopic (exact) mass is 244 g/mol. The average molecular weight is 245 g/mol. The minimum absolute atomic E-state index is 0.205. The lowest BCUT2D eigenvalue weighted by Crippen LogP contribution is -2.16. The Bertz CT molecular complexity index is 268. The Balaban J connectivity index is 2.58. The van der Waals surface area contributed by atoms with E-state index in [2.05, 4.69) is 26.2 Å². The van der Waals surface area contributed by atoms with Gasteiger partial charge < -0.3 is 10.4 Å². The van der Waals surface area contributed by atoms with E-state index in [0.29, 0.717) is 0 Å². The number of hydrogen-bond donors (Lipinski definition) is 2. The smallest absolute Gasteiger partial charge is 0.0590 e. The van der Waals surface area contributed by atoms with Gasteiger partial charge in [0.2, 0.25) is 0 Å². The zero-order valence-corrected chi connectivity index (χ0v) is 9.08. The summed E-state index contributed by atoms with van der Waals surface area (Å²) < 4.78 is 0.944. The van der Waals surface area contributed by atoms with Crippen LogP contribution in [0.5, 0.6) is 0 Å². The van der Waals surface area contributed by atoms with E-state index in [0.717, 1.165) is 16.6 Å². The Hall–Kier alpha value is -0.610. The number of nitrogens with one attached hydrogen (secondary N) is 1. The first-order valence-electron chi connectivity index (χ1n) is 4.21. The molecule has 0 bridgehead atoms. The first kappa shape index (κ1) is 10.5. The molecule has 72 valence electrons. The molecule has 0 saturated heterocycles. The molecule has 3 nitrogen and oxygen atoms in total. The number of anilines is 1. The van der Waals surface area contributed by atoms with Gasteiger partial charge >= 0.3 is 0 Å². The maximum atomic E-state index is 8.72. The van der Waals surface area contributed by atoms with Crippen LogP contribution in [0.2, 0.25) is 0 Å². The zero-order chi connectivity index (χ0) is 9.68. The topological polar surface area (TPSA) is 45.1 Å². The molecule has 0 fully saturated rings. The number of nitrogens with zero attached hydrogens (tertiary/aromatic N) is 1. The van der Waals surface area contributed by atoms with Gasteiger partial charge in [-0.15, -0.1) is 0 Å². The van der Waals surface area contributed by atoms with Crippen molar-refractivity contribution in [1.82, 2.24) is 4.98 Å². The second-order valence-corrected chi connectivity index (χ2v) is 3.77. The van der Waals surface area contributed by atoms with Crippen LogP contribution in [-0.2, 0) is 0 Å². The fourth-order valence-corrected chi connectivity index (χ4v) is 1.39. The van der Waals surface area contributed by atoms with E-state index in [-0.39, 0.29) is 12.6 Å². The zero-order valence-electron chi connectivity index (χ0n) is 7.50. The van der Waals surface area contributed by atoms with Gasteiger partial charge in [0.15, 0.2) is 0 Å². The highest BCUT2D eigenvalue weighted by atomic mass is 79.9. The van der Waals surface area contributed by atoms with Crippen molar-refractivity contribution in [2.45, 2.75) is 19.4 Å². The molecule has 1 aromatic rings. The molecular weight excluding hydrogens is 232 g/mol. The van der Waals surface area contributed by atoms with Gasteiger partial charge in [-0.3, -0.25) is 4.98 Å². The number of hydrogen-bond acceptors (Lipinski definition) is 3. The SMILES string of the molecule is C[C@H](CCO)Nc1ccncc1Br. The Morgan fingerprint density at radius 1 is 1.69 bits per heavy atom. The Morgan fingerprint density at radius 3 is 3.08 bits per heavy atom. The summed E-state index contributed by atoms with van der Waals surface area (Å²) in [6.07, 6.45) is 4.22. The van der Waals surface area contributed by atoms with Crippen LogP contribution in [0.3, 0.4) is 0 Å². The molecule has 1 heterocycles. The molecular formula is C9H13BrN2O. The lowest BCUT2D eigenvalue weighted by atomic mass is 10.2. The van der Waals surface area contributed by atoms with Crippen LogP contribution in [-0.4, -0.2) is 22.7 Å². The molecule has 0 saturated carbocycles. The lowest BCUT2D eigenvalue weighted by Gasteiger charge is -2.14. The second-order valence-electron chi connectivity index (χ2n) is 2.91. The van der Waals surface area contributed by atoms with Crippen LogP contribution in [0.25, 0.3) is 0 Å². The Labute approximate surface area is 86.3 Å². The summed E-state index contributed by atoms with van der Waals surface area (Å²) in [5.74, 6) is 0. The van der Waals surface area contributed by atoms with E-state index in [4.69, 9.17) is 5.11 Å². The molecule has 0 amide bonds. The number of rotatable bonds is 4. The maximum Gasteiger partial charge on any atom is 0.0590 e. The molecule has 0 spiro atoms. The minimum atomic E-state index is 0.205. The number of aromatic nitrogens is 1. The van der Waals surface area contributed by atoms with E-state index in [1.165, 1.54) is 0 Å². The van der Waals surface area contributed by atoms with Crippen molar-refractivity contribution in [3.05, 3.63) is 22.9 Å². The normalized spacial score (nSPS) is 12.5. The van der Waals surface area contributed by atoms with Crippen LogP contribution in [0, 0.1) is 0 Å². The van der Waals surface area contributed by atoms with Gasteiger partial charge in [0, 0.05) is 25.0 Å². The highest BCUT2D eigenvalue weighted by Crippen LogP contribution is 2.20. The minimum Gasteiger partial charge on any atom is -0.396 e. The van der Waals surface area contributed by atoms with Crippen molar-refractivity contribution in [2.24, 2.45) is 0 Å². The van der Waals surface area contributed by atoms with Crippen molar-refractivity contribution in [3.63, 3.8) is 0 Å². The van der Waals surface area contributed by atoms with Crippen molar-refractivity contribution in [3.8, 4) is 0 Å². The Kier molecular flexibility index (Phi) is 4.18. The van der Waals surface area contributed by atoms with Gasteiger partial charge in [0.25, 0.3) is 0 Å². The molecule has 0 radical (unpaired) electrons. The third kappa shape index (κ3) is 3.32. The van der Waals surface area contributed by atoms with E-state index in [9.17, 15) is 0 Å². The maximum absolute atomic E-state index is 8.72. The number of aliphatic hydroxyl groups is 1. The van der Waals surface area contributed by atoms with E-state index < -0.39 is 0 Å². The van der Waals surface area contributed by atoms with Crippen molar-refractivity contribution in [1.29, 1.82) is 0 Å². The fraction of sp³-hybridized carbons (Fsp3) is 0.444. The largest absolute Gasteiger partial charge is 0.396 e. The Morgan fingerprint density at radius 2 is 2.46 bits per heavy atom. The van der Waals surface area contributed by atoms with Crippen molar-refractivity contribution < 1.29 is 5.11 Å². The summed E-state index contributed by atoms with van der Waals surface area (Å²) in [6, 6.07) is 2.17. The standard InChI is InChI=1S/C9H13BrN2O/c1-7(3-5-13)12-9-2-4-11-6-8(9)10/h2,4,6-7,13H,3,5H2,1H3,(H,11,12)/t7-/m1/s1. The number of halogens is 1. The second kappa shape index (κ2) is 5.19. The van der Waals surface area contributed by atoms with Gasteiger partial charge in [-0.2, -0.15) is 0 Å². The molecule has 1 atom stereocenters. The molecule has 0 aromatic carbocycles. The summed E-state index contributed by atoms with van der Waals surface area (Å²) in [7, 11) is 0. The molecule has 0 aliphatic heterocycles. The highest BCUT2D eigenvalue weighted by molar-refractivity contribution is 9.10. The summed E-state index contributed by atoms with van der Waals surface area (Å²) >= 11 is 3.39. The predicted molar refractivity (Wildman–Crippen MR) is 56.7 cm³/mol. The third-order valence-corrected chi connectivity index (χ3v) is 2.37. The van der Waals surface area contributed by atoms with Gasteiger partial charge in [-0.1, -0.05) is 0 Å². The molecule has 0 aliphatic rings. The number of pyridine rings is 1. The summed E-state index contributed by atoms with van der Waals surface area (Å²) in [5, 5.41) is 12.0. The third-order valence-electron chi connectivity index (χ3n) is 1.74. The van der Waals surface area contributed by atoms with Crippen LogP contribution >= 0.6 is 15.9 Å². The fourth-order valence-electron chi connectivity index (χ4n) is 1.02. The first-order valence-corrected chi connectivity index (χ1v) is 5.00. The number of aliphatic hydroxyl groups excluding tert-OH is 1. The lowest BCUT2D eigenvalue weighted by molar-refractivity contribution is 0.282. The van der Waals surface area contributed by atoms with Crippen LogP contribution in [0.1, 0.15) is 13.3 Å². The van der Waals surface area contributed by atoms with Crippen LogP contribution < -0.4 is 5.32 Å². The predicted octanol–water partition coefficient (Wildman–Crippen LogP) is 2.03. The molecule has 1 rings (SSSR count). The van der Waals surface area contributed by atoms with Gasteiger partial charge in [-0.25, -0.2) is 0 Å². The molecule has 0 unspecified atom stereocenters. The van der Waals surface area contributed by atoms with Crippen molar-refractivity contribution in [2.75, 3.05) is 11.9 Å². The summed E-state index contributed by atoms with van der Waals surface area (Å²) in [5.41, 5.74) is 1.01. The first-order chi connectivity index (χ1) is 6.24. The summed E-state index contributed by atoms with van der Waals surface area (Å²) in [6.45, 7) is 2.24. The van der Waals surface area contributed by atoms with Gasteiger partial charge in [-0.05, 0) is 35.3 Å². The van der Waals surface area contributed by atoms with E-state index >= 15 is 0 Å². The van der Waals surface area contributed by atoms with Gasteiger partial charge in [0.1, 0.15) is 0 Å². The quantitative estimate of drug-likeness (QED) is 0.853. The van der Waals surface area contributed by atoms with Crippen molar-refractivity contribution >= 4 is 21.6 Å². The average Bonchev–Trinajstić information content (AvgIpc) is 2.09. The molecule has 4 heteroatoms. The van der Waals surface area contributed by atoms with Crippen LogP contribution in [0.4, 0.5) is 5.69 Å². The molecule has 1 aromatic heterocycles. The molecule has 13 heavy (non-hydrogen) atoms. The van der Waals surface area contributed by atoms with Gasteiger partial charge in [0.05, 0.1) is 10.2 Å². The van der Waals surface area contributed by atoms with E-state index in [1.807, 2.05) is 13.0 Å². The molecule has 0 aliphatic carbocycles. The van der Waals surface area contributed by atoms with E-state index in [1.54, 1.807) is 12.4 Å². The highest BCUT2D eigenvalue weighted by Gasteiger charge is 2.03.